The molecule has 0 aromatic rings. The molecule has 0 aliphatic heterocycles. The smallest absolute Gasteiger partial charge is 0.0192 e. The van der Waals surface area contributed by atoms with E-state index in [2.05, 4.69) is 0 Å². The van der Waals surface area contributed by atoms with Gasteiger partial charge in [-0.25, -0.2) is 0 Å². The normalized spacial score (nSPS) is 39.8. The van der Waals surface area contributed by atoms with Gasteiger partial charge in [0.15, 0.2) is 0 Å². The molecule has 6 nitrogen and oxygen atoms in total. The third kappa shape index (κ3) is 9.91. The molecule has 3 saturated carbocycles. The lowest BCUT2D eigenvalue weighted by atomic mass is 9.92. The number of nitrogens with two attached hydrogens (primary N) is 6. The van der Waals surface area contributed by atoms with Crippen LogP contribution in [0.4, 0.5) is 0 Å². The molecule has 3 fully saturated rings. The van der Waals surface area contributed by atoms with E-state index in [0.29, 0.717) is 24.2 Å². The quantitative estimate of drug-likeness (QED) is 0.379. The van der Waals surface area contributed by atoms with Crippen LogP contribution >= 0.6 is 0 Å². The fraction of sp³-hybridized carbons (Fsp3) is 1.00. The first-order chi connectivity index (χ1) is 11.4. The first-order valence-corrected chi connectivity index (χ1v) is 9.92. The van der Waals surface area contributed by atoms with E-state index < -0.39 is 0 Å². The van der Waals surface area contributed by atoms with Gasteiger partial charge in [-0.05, 0) is 57.8 Å². The summed E-state index contributed by atoms with van der Waals surface area (Å²) in [7, 11) is 0. The Balaban J connectivity index is 0.000000180. The first kappa shape index (κ1) is 21.8. The Morgan fingerprint density at radius 1 is 0.375 bits per heavy atom. The fourth-order valence-electron chi connectivity index (χ4n) is 3.60. The number of hydrogen-bond donors (Lipinski definition) is 6. The van der Waals surface area contributed by atoms with Crippen molar-refractivity contribution in [1.29, 1.82) is 0 Å². The summed E-state index contributed by atoms with van der Waals surface area (Å²) in [6.45, 7) is 0. The zero-order valence-electron chi connectivity index (χ0n) is 15.4. The van der Waals surface area contributed by atoms with Crippen molar-refractivity contribution in [3.05, 3.63) is 0 Å². The van der Waals surface area contributed by atoms with E-state index in [0.717, 1.165) is 44.9 Å². The monoisotopic (exact) mass is 342 g/mol. The van der Waals surface area contributed by atoms with E-state index in [-0.39, 0.29) is 12.1 Å². The Bertz CT molecular complexity index is 278. The summed E-state index contributed by atoms with van der Waals surface area (Å²) >= 11 is 0. The maximum Gasteiger partial charge on any atom is 0.0192 e. The van der Waals surface area contributed by atoms with Crippen LogP contribution in [0.5, 0.6) is 0 Å². The molecule has 3 aliphatic carbocycles. The maximum absolute atomic E-state index is 5.65. The van der Waals surface area contributed by atoms with Crippen molar-refractivity contribution in [2.24, 2.45) is 34.4 Å². The third-order valence-corrected chi connectivity index (χ3v) is 5.45. The van der Waals surface area contributed by atoms with E-state index in [4.69, 9.17) is 34.4 Å². The molecule has 12 N–H and O–H groups in total. The van der Waals surface area contributed by atoms with Crippen LogP contribution in [0.15, 0.2) is 0 Å². The minimum absolute atomic E-state index is 0.281. The molecule has 0 radical (unpaired) electrons. The highest BCUT2D eigenvalue weighted by Crippen LogP contribution is 2.15. The van der Waals surface area contributed by atoms with Crippen LogP contribution in [0.2, 0.25) is 0 Å². The second-order valence-corrected chi connectivity index (χ2v) is 7.97. The van der Waals surface area contributed by atoms with Crippen LogP contribution < -0.4 is 34.4 Å². The van der Waals surface area contributed by atoms with E-state index in [1.807, 2.05) is 0 Å². The number of rotatable bonds is 0. The van der Waals surface area contributed by atoms with Gasteiger partial charge < -0.3 is 34.4 Å². The highest BCUT2D eigenvalue weighted by molar-refractivity contribution is 4.80. The molecule has 0 aromatic carbocycles. The predicted octanol–water partition coefficient (Wildman–Crippen LogP) is 0.645. The van der Waals surface area contributed by atoms with Crippen LogP contribution in [-0.4, -0.2) is 36.3 Å². The largest absolute Gasteiger partial charge is 0.328 e. The summed E-state index contributed by atoms with van der Waals surface area (Å²) in [4.78, 5) is 0. The number of hydrogen-bond acceptors (Lipinski definition) is 6. The average Bonchev–Trinajstić information content (AvgIpc) is 2.54. The van der Waals surface area contributed by atoms with Gasteiger partial charge in [-0.15, -0.1) is 0 Å². The highest BCUT2D eigenvalue weighted by atomic mass is 14.8. The summed E-state index contributed by atoms with van der Waals surface area (Å²) in [5.41, 5.74) is 33.9. The summed E-state index contributed by atoms with van der Waals surface area (Å²) in [5.74, 6) is 0. The zero-order valence-corrected chi connectivity index (χ0v) is 15.4. The molecule has 6 heteroatoms. The molecule has 4 atom stereocenters. The molecule has 3 aliphatic rings. The lowest BCUT2D eigenvalue weighted by Gasteiger charge is -2.24. The maximum atomic E-state index is 5.65. The van der Waals surface area contributed by atoms with Gasteiger partial charge in [0.2, 0.25) is 0 Å². The second kappa shape index (κ2) is 12.2. The van der Waals surface area contributed by atoms with Gasteiger partial charge in [-0.3, -0.25) is 0 Å². The van der Waals surface area contributed by atoms with Crippen molar-refractivity contribution >= 4 is 0 Å². The third-order valence-electron chi connectivity index (χ3n) is 5.45. The minimum atomic E-state index is 0.281. The van der Waals surface area contributed by atoms with Crippen molar-refractivity contribution < 1.29 is 0 Å². The molecule has 0 bridgehead atoms. The Labute approximate surface area is 148 Å². The molecule has 3 rings (SSSR count). The van der Waals surface area contributed by atoms with Gasteiger partial charge in [0.05, 0.1) is 0 Å². The molecule has 0 spiro atoms. The Hall–Kier alpha value is -0.240. The molecule has 0 saturated heterocycles. The van der Waals surface area contributed by atoms with Gasteiger partial charge >= 0.3 is 0 Å². The van der Waals surface area contributed by atoms with Crippen molar-refractivity contribution in [3.63, 3.8) is 0 Å². The first-order valence-electron chi connectivity index (χ1n) is 9.92. The zero-order chi connectivity index (χ0) is 17.9. The molecule has 0 amide bonds. The van der Waals surface area contributed by atoms with Crippen LogP contribution in [-0.2, 0) is 0 Å². The summed E-state index contributed by atoms with van der Waals surface area (Å²) in [6.07, 6.45) is 13.9. The standard InChI is InChI=1S/3C6H14N2/c7-5-1-2-6(8)4-3-5;7-5-2-1-3-6(8)4-5;7-5-3-1-2-4-6(5)8/h3*5-6H,1-4,7-8H2. The molecule has 24 heavy (non-hydrogen) atoms. The van der Waals surface area contributed by atoms with Crippen LogP contribution in [0.3, 0.4) is 0 Å². The van der Waals surface area contributed by atoms with Crippen molar-refractivity contribution in [2.75, 3.05) is 0 Å². The lowest BCUT2D eigenvalue weighted by molar-refractivity contribution is 0.385. The summed E-state index contributed by atoms with van der Waals surface area (Å²) < 4.78 is 0. The van der Waals surface area contributed by atoms with Gasteiger partial charge in [0.1, 0.15) is 0 Å². The van der Waals surface area contributed by atoms with Gasteiger partial charge in [-0.2, -0.15) is 0 Å². The molecule has 4 unspecified atom stereocenters. The second-order valence-electron chi connectivity index (χ2n) is 7.97. The average molecular weight is 343 g/mol. The molecule has 0 aromatic heterocycles. The summed E-state index contributed by atoms with van der Waals surface area (Å²) in [6, 6.07) is 2.22. The van der Waals surface area contributed by atoms with Crippen molar-refractivity contribution in [1.82, 2.24) is 0 Å². The van der Waals surface area contributed by atoms with E-state index in [1.54, 1.807) is 0 Å². The van der Waals surface area contributed by atoms with Crippen LogP contribution in [0.25, 0.3) is 0 Å². The summed E-state index contributed by atoms with van der Waals surface area (Å²) in [5, 5.41) is 0. The Kier molecular flexibility index (Phi) is 11.1. The van der Waals surface area contributed by atoms with E-state index in [1.165, 1.54) is 32.1 Å². The van der Waals surface area contributed by atoms with Crippen LogP contribution in [0.1, 0.15) is 77.0 Å². The van der Waals surface area contributed by atoms with Crippen molar-refractivity contribution in [3.8, 4) is 0 Å². The van der Waals surface area contributed by atoms with Crippen molar-refractivity contribution in [2.45, 2.75) is 113 Å². The van der Waals surface area contributed by atoms with E-state index >= 15 is 0 Å². The Morgan fingerprint density at radius 2 is 0.750 bits per heavy atom. The predicted molar refractivity (Wildman–Crippen MR) is 103 cm³/mol. The van der Waals surface area contributed by atoms with E-state index in [9.17, 15) is 0 Å². The molecule has 0 heterocycles. The molecular weight excluding hydrogens is 300 g/mol. The van der Waals surface area contributed by atoms with Gasteiger partial charge in [0.25, 0.3) is 0 Å². The van der Waals surface area contributed by atoms with Crippen LogP contribution in [0, 0.1) is 0 Å². The SMILES string of the molecule is NC1CCC(N)CC1.NC1CCCC(N)C1.NC1CCCCC1N. The molecular formula is C18H42N6. The van der Waals surface area contributed by atoms with Gasteiger partial charge in [-0.1, -0.05) is 19.3 Å². The minimum Gasteiger partial charge on any atom is -0.328 e. The van der Waals surface area contributed by atoms with Gasteiger partial charge in [0, 0.05) is 36.3 Å². The highest BCUT2D eigenvalue weighted by Gasteiger charge is 2.16. The lowest BCUT2D eigenvalue weighted by Crippen LogP contribution is -2.43. The fourth-order valence-corrected chi connectivity index (χ4v) is 3.60. The molecule has 144 valence electrons. The topological polar surface area (TPSA) is 156 Å². The Morgan fingerprint density at radius 3 is 1.00 bits per heavy atom.